The highest BCUT2D eigenvalue weighted by Gasteiger charge is 2.30. The monoisotopic (exact) mass is 469 g/mol. The molecule has 0 fully saturated rings. The van der Waals surface area contributed by atoms with E-state index in [1.165, 1.54) is 0 Å². The Bertz CT molecular complexity index is 999. The average molecular weight is 470 g/mol. The first kappa shape index (κ1) is 26.8. The molecule has 0 radical (unpaired) electrons. The number of amides is 1. The summed E-state index contributed by atoms with van der Waals surface area (Å²) in [5.74, 6) is 0.792. The van der Waals surface area contributed by atoms with Crippen LogP contribution in [0.2, 0.25) is 0 Å². The summed E-state index contributed by atoms with van der Waals surface area (Å²) in [6, 6.07) is 15.1. The lowest BCUT2D eigenvalue weighted by Crippen LogP contribution is -2.43. The molecule has 0 N–H and O–H groups in total. The van der Waals surface area contributed by atoms with Gasteiger partial charge in [0, 0.05) is 0 Å². The fourth-order valence-electron chi connectivity index (χ4n) is 2.88. The van der Waals surface area contributed by atoms with Crippen LogP contribution in [0, 0.1) is 0 Å². The third-order valence-corrected chi connectivity index (χ3v) is 4.38. The van der Waals surface area contributed by atoms with E-state index < -0.39 is 29.5 Å². The molecule has 0 unspecified atom stereocenters. The molecule has 2 aromatic carbocycles. The first-order chi connectivity index (χ1) is 15.8. The lowest BCUT2D eigenvalue weighted by molar-refractivity contribution is -0.145. The quantitative estimate of drug-likeness (QED) is 0.351. The molecule has 1 atom stereocenters. The van der Waals surface area contributed by atoms with Crippen molar-refractivity contribution in [3.05, 3.63) is 60.2 Å². The van der Waals surface area contributed by atoms with Gasteiger partial charge in [0.15, 0.2) is 0 Å². The van der Waals surface area contributed by atoms with E-state index in [1.54, 1.807) is 61.7 Å². The van der Waals surface area contributed by atoms with E-state index in [0.717, 1.165) is 27.5 Å². The van der Waals surface area contributed by atoms with Crippen molar-refractivity contribution < 1.29 is 28.6 Å². The Balaban J connectivity index is 2.22. The van der Waals surface area contributed by atoms with Gasteiger partial charge in [-0.05, 0) is 83.4 Å². The Morgan fingerprint density at radius 2 is 1.50 bits per heavy atom. The number of nitrogens with zero attached hydrogens (tertiary/aromatic N) is 1. The first-order valence-electron chi connectivity index (χ1n) is 11.1. The molecule has 0 saturated carbocycles. The van der Waals surface area contributed by atoms with Crippen LogP contribution in [0.4, 0.5) is 9.59 Å². The molecule has 0 bridgehead atoms. The highest BCUT2D eigenvalue weighted by atomic mass is 16.8. The first-order valence-corrected chi connectivity index (χ1v) is 11.1. The van der Waals surface area contributed by atoms with Gasteiger partial charge in [-0.2, -0.15) is 0 Å². The number of methoxy groups -OCH3 is 1. The van der Waals surface area contributed by atoms with Crippen LogP contribution in [0.5, 0.6) is 5.75 Å². The number of benzene rings is 2. The third-order valence-electron chi connectivity index (χ3n) is 4.38. The molecular weight excluding hydrogens is 434 g/mol. The predicted molar refractivity (Wildman–Crippen MR) is 132 cm³/mol. The third kappa shape index (κ3) is 8.81. The van der Waals surface area contributed by atoms with E-state index >= 15 is 0 Å². The summed E-state index contributed by atoms with van der Waals surface area (Å²) in [7, 11) is 1.63. The normalized spacial score (nSPS) is 12.7. The second-order valence-electron chi connectivity index (χ2n) is 9.82. The second kappa shape index (κ2) is 11.1. The van der Waals surface area contributed by atoms with Crippen LogP contribution in [0.15, 0.2) is 54.6 Å². The summed E-state index contributed by atoms with van der Waals surface area (Å²) in [5.41, 5.74) is 1.47. The maximum atomic E-state index is 12.7. The van der Waals surface area contributed by atoms with E-state index in [1.807, 2.05) is 54.6 Å². The molecule has 2 aromatic rings. The number of carbonyl (C=O) groups excluding carboxylic acids is 2. The minimum absolute atomic E-state index is 0.619. The zero-order chi connectivity index (χ0) is 25.5. The van der Waals surface area contributed by atoms with E-state index in [2.05, 4.69) is 0 Å². The van der Waals surface area contributed by atoms with Gasteiger partial charge in [0.25, 0.3) is 0 Å². The molecule has 0 heterocycles. The number of hydrogen-bond donors (Lipinski definition) is 0. The van der Waals surface area contributed by atoms with E-state index in [4.69, 9.17) is 19.0 Å². The van der Waals surface area contributed by atoms with Crippen molar-refractivity contribution in [3.8, 4) is 16.9 Å². The minimum Gasteiger partial charge on any atom is -0.497 e. The Kier molecular flexibility index (Phi) is 8.74. The number of rotatable bonds is 5. The fraction of sp³-hybridized carbons (Fsp3) is 0.407. The van der Waals surface area contributed by atoms with E-state index in [9.17, 15) is 9.59 Å². The van der Waals surface area contributed by atoms with Crippen LogP contribution in [-0.4, -0.2) is 41.7 Å². The minimum atomic E-state index is -0.986. The number of hydroxylamine groups is 2. The summed E-state index contributed by atoms with van der Waals surface area (Å²) in [4.78, 5) is 30.2. The van der Waals surface area contributed by atoms with Crippen molar-refractivity contribution in [2.45, 2.75) is 65.7 Å². The topological polar surface area (TPSA) is 74.3 Å². The van der Waals surface area contributed by atoms with Gasteiger partial charge in [0.2, 0.25) is 0 Å². The Labute approximate surface area is 202 Å². The lowest BCUT2D eigenvalue weighted by atomic mass is 10.0. The van der Waals surface area contributed by atoms with Gasteiger partial charge in [-0.15, -0.1) is 5.06 Å². The summed E-state index contributed by atoms with van der Waals surface area (Å²) >= 11 is 0. The number of ether oxygens (including phenoxy) is 3. The molecule has 184 valence electrons. The predicted octanol–water partition coefficient (Wildman–Crippen LogP) is 6.87. The van der Waals surface area contributed by atoms with Gasteiger partial charge in [0.1, 0.15) is 17.0 Å². The van der Waals surface area contributed by atoms with Crippen molar-refractivity contribution >= 4 is 18.3 Å². The van der Waals surface area contributed by atoms with Crippen molar-refractivity contribution in [2.75, 3.05) is 7.11 Å². The van der Waals surface area contributed by atoms with Crippen LogP contribution in [0.1, 0.15) is 54.0 Å². The molecule has 0 saturated heterocycles. The molecule has 2 rings (SSSR count). The van der Waals surface area contributed by atoms with Gasteiger partial charge in [-0.25, -0.2) is 9.59 Å². The molecule has 0 aliphatic rings. The van der Waals surface area contributed by atoms with Gasteiger partial charge in [0.05, 0.1) is 13.2 Å². The molecular formula is C27H35NO6. The van der Waals surface area contributed by atoms with Crippen molar-refractivity contribution in [3.63, 3.8) is 0 Å². The highest BCUT2D eigenvalue weighted by Crippen LogP contribution is 2.24. The molecule has 0 aromatic heterocycles. The average Bonchev–Trinajstić information content (AvgIpc) is 2.73. The van der Waals surface area contributed by atoms with Crippen LogP contribution in [0.25, 0.3) is 17.2 Å². The lowest BCUT2D eigenvalue weighted by Gasteiger charge is -2.29. The Hall–Kier alpha value is -3.48. The van der Waals surface area contributed by atoms with Gasteiger partial charge >= 0.3 is 12.2 Å². The van der Waals surface area contributed by atoms with Gasteiger partial charge in [-0.1, -0.05) is 42.5 Å². The largest absolute Gasteiger partial charge is 0.534 e. The van der Waals surface area contributed by atoms with Crippen LogP contribution >= 0.6 is 0 Å². The number of carbonyl (C=O) groups is 2. The highest BCUT2D eigenvalue weighted by molar-refractivity contribution is 5.71. The zero-order valence-corrected chi connectivity index (χ0v) is 21.2. The maximum absolute atomic E-state index is 12.7. The molecule has 0 aliphatic carbocycles. The zero-order valence-electron chi connectivity index (χ0n) is 21.2. The maximum Gasteiger partial charge on any atom is 0.534 e. The van der Waals surface area contributed by atoms with E-state index in [0.29, 0.717) is 0 Å². The number of hydrogen-bond acceptors (Lipinski definition) is 6. The summed E-state index contributed by atoms with van der Waals surface area (Å²) in [5, 5.41) is 0.878. The summed E-state index contributed by atoms with van der Waals surface area (Å²) < 4.78 is 15.8. The van der Waals surface area contributed by atoms with Crippen molar-refractivity contribution in [1.29, 1.82) is 0 Å². The molecule has 7 heteroatoms. The second-order valence-corrected chi connectivity index (χ2v) is 9.82. The van der Waals surface area contributed by atoms with Gasteiger partial charge < -0.3 is 14.2 Å². The molecule has 34 heavy (non-hydrogen) atoms. The Morgan fingerprint density at radius 3 is 2.06 bits per heavy atom. The van der Waals surface area contributed by atoms with Crippen molar-refractivity contribution in [2.24, 2.45) is 0 Å². The van der Waals surface area contributed by atoms with Crippen molar-refractivity contribution in [1.82, 2.24) is 5.06 Å². The molecule has 1 amide bonds. The standard InChI is InChI=1S/C27H35NO6/c1-19(28(24(29)32-26(2,3)4)34-25(30)33-27(5,6)7)12-13-20-10-9-11-22(18-20)21-14-16-23(31-8)17-15-21/h9-19H,1-8H3/t19-/m0/s1. The molecule has 0 spiro atoms. The summed E-state index contributed by atoms with van der Waals surface area (Å²) in [6.07, 6.45) is 1.83. The molecule has 7 nitrogen and oxygen atoms in total. The Morgan fingerprint density at radius 1 is 0.882 bits per heavy atom. The smallest absolute Gasteiger partial charge is 0.497 e. The summed E-state index contributed by atoms with van der Waals surface area (Å²) in [6.45, 7) is 12.1. The SMILES string of the molecule is COc1ccc(-c2cccc(C=C[C@H](C)N(OC(=O)OC(C)(C)C)C(=O)OC(C)(C)C)c2)cc1. The van der Waals surface area contributed by atoms with Crippen LogP contribution in [0.3, 0.4) is 0 Å². The van der Waals surface area contributed by atoms with Gasteiger partial charge in [-0.3, -0.25) is 4.84 Å². The fourth-order valence-corrected chi connectivity index (χ4v) is 2.88. The molecule has 0 aliphatic heterocycles. The van der Waals surface area contributed by atoms with E-state index in [-0.39, 0.29) is 0 Å². The van der Waals surface area contributed by atoms with Crippen LogP contribution in [-0.2, 0) is 14.3 Å². The van der Waals surface area contributed by atoms with Crippen LogP contribution < -0.4 is 4.74 Å².